The second kappa shape index (κ2) is 10.9. The van der Waals surface area contributed by atoms with Gasteiger partial charge >= 0.3 is 6.36 Å². The first kappa shape index (κ1) is 23.8. The lowest BCUT2D eigenvalue weighted by molar-refractivity contribution is -0.274. The van der Waals surface area contributed by atoms with Crippen molar-refractivity contribution >= 4 is 18.3 Å². The highest BCUT2D eigenvalue weighted by atomic mass is 35.5. The van der Waals surface area contributed by atoms with E-state index in [2.05, 4.69) is 10.1 Å². The maximum Gasteiger partial charge on any atom is 0.573 e. The molecule has 8 heteroatoms. The number of benzene rings is 2. The maximum atomic E-state index is 12.2. The van der Waals surface area contributed by atoms with Gasteiger partial charge in [-0.1, -0.05) is 49.7 Å². The Kier molecular flexibility index (Phi) is 9.28. The summed E-state index contributed by atoms with van der Waals surface area (Å²) in [4.78, 5) is 11.8. The molecule has 0 aliphatic rings. The Morgan fingerprint density at radius 1 is 1.07 bits per heavy atom. The van der Waals surface area contributed by atoms with Crippen molar-refractivity contribution in [2.24, 2.45) is 5.73 Å². The largest absolute Gasteiger partial charge is 0.573 e. The van der Waals surface area contributed by atoms with Crippen molar-refractivity contribution in [3.63, 3.8) is 0 Å². The molecule has 4 nitrogen and oxygen atoms in total. The molecule has 2 aromatic carbocycles. The Labute approximate surface area is 168 Å². The Bertz CT molecular complexity index is 735. The summed E-state index contributed by atoms with van der Waals surface area (Å²) >= 11 is 0. The van der Waals surface area contributed by atoms with E-state index in [9.17, 15) is 18.0 Å². The molecule has 0 aliphatic carbocycles. The van der Waals surface area contributed by atoms with Crippen molar-refractivity contribution < 1.29 is 22.7 Å². The molecular formula is C20H24ClF3N2O2. The van der Waals surface area contributed by atoms with Gasteiger partial charge in [0, 0.05) is 6.54 Å². The number of rotatable bonds is 8. The summed E-state index contributed by atoms with van der Waals surface area (Å²) in [7, 11) is 0. The molecule has 0 heterocycles. The number of nitrogens with one attached hydrogen (secondary N) is 1. The molecule has 2 aromatic rings. The Morgan fingerprint density at radius 2 is 1.61 bits per heavy atom. The standard InChI is InChI=1S/C20H23F3N2O2.ClH/c1-2-3-18(24)19(26)25-13-12-14-4-6-15(7-5-14)16-8-10-17(11-9-16)27-20(21,22)23;/h4-11,18H,2-3,12-13,24H2,1H3,(H,25,26);1H/t18-;/m0./s1. The van der Waals surface area contributed by atoms with Crippen LogP contribution in [-0.4, -0.2) is 24.9 Å². The summed E-state index contributed by atoms with van der Waals surface area (Å²) in [5.74, 6) is -0.394. The van der Waals surface area contributed by atoms with Crippen LogP contribution in [0.15, 0.2) is 48.5 Å². The van der Waals surface area contributed by atoms with E-state index in [-0.39, 0.29) is 24.1 Å². The van der Waals surface area contributed by atoms with Gasteiger partial charge in [-0.15, -0.1) is 25.6 Å². The summed E-state index contributed by atoms with van der Waals surface area (Å²) in [5.41, 5.74) is 8.46. The molecule has 154 valence electrons. The van der Waals surface area contributed by atoms with E-state index in [4.69, 9.17) is 5.73 Å². The first-order valence-corrected chi connectivity index (χ1v) is 8.77. The van der Waals surface area contributed by atoms with Crippen LogP contribution in [0.25, 0.3) is 11.1 Å². The van der Waals surface area contributed by atoms with E-state index in [1.807, 2.05) is 31.2 Å². The van der Waals surface area contributed by atoms with Crippen molar-refractivity contribution in [2.75, 3.05) is 6.54 Å². The van der Waals surface area contributed by atoms with Crippen LogP contribution in [0, 0.1) is 0 Å². The molecule has 0 aliphatic heterocycles. The van der Waals surface area contributed by atoms with E-state index >= 15 is 0 Å². The number of hydrogen-bond acceptors (Lipinski definition) is 3. The molecule has 0 saturated heterocycles. The third-order valence-electron chi connectivity index (χ3n) is 4.02. The zero-order chi connectivity index (χ0) is 19.9. The van der Waals surface area contributed by atoms with Crippen molar-refractivity contribution in [1.82, 2.24) is 5.32 Å². The van der Waals surface area contributed by atoms with Crippen LogP contribution in [0.3, 0.4) is 0 Å². The summed E-state index contributed by atoms with van der Waals surface area (Å²) in [6, 6.07) is 12.9. The minimum absolute atomic E-state index is 0. The summed E-state index contributed by atoms with van der Waals surface area (Å²) in [5, 5.41) is 2.82. The van der Waals surface area contributed by atoms with Crippen LogP contribution in [0.1, 0.15) is 25.3 Å². The number of amides is 1. The normalized spacial score (nSPS) is 12.0. The second-order valence-electron chi connectivity index (χ2n) is 6.21. The molecule has 0 radical (unpaired) electrons. The number of carbonyl (C=O) groups excluding carboxylic acids is 1. The van der Waals surface area contributed by atoms with E-state index < -0.39 is 12.4 Å². The lowest BCUT2D eigenvalue weighted by atomic mass is 10.0. The Balaban J connectivity index is 0.00000392. The Hall–Kier alpha value is -2.25. The van der Waals surface area contributed by atoms with Crippen LogP contribution < -0.4 is 15.8 Å². The number of nitrogens with two attached hydrogens (primary N) is 1. The molecule has 1 amide bonds. The SMILES string of the molecule is CCC[C@H](N)C(=O)NCCc1ccc(-c2ccc(OC(F)(F)F)cc2)cc1.Cl. The lowest BCUT2D eigenvalue weighted by Gasteiger charge is -2.11. The lowest BCUT2D eigenvalue weighted by Crippen LogP contribution is -2.41. The number of halogens is 4. The number of ether oxygens (including phenoxy) is 1. The zero-order valence-corrected chi connectivity index (χ0v) is 16.3. The van der Waals surface area contributed by atoms with Crippen molar-refractivity contribution in [3.8, 4) is 16.9 Å². The first-order valence-electron chi connectivity index (χ1n) is 8.77. The van der Waals surface area contributed by atoms with Crippen LogP contribution in [-0.2, 0) is 11.2 Å². The average Bonchev–Trinajstić information content (AvgIpc) is 2.62. The van der Waals surface area contributed by atoms with E-state index in [1.54, 1.807) is 12.1 Å². The molecule has 0 fully saturated rings. The van der Waals surface area contributed by atoms with Crippen molar-refractivity contribution in [2.45, 2.75) is 38.6 Å². The molecule has 1 atom stereocenters. The third kappa shape index (κ3) is 7.78. The van der Waals surface area contributed by atoms with Crippen molar-refractivity contribution in [1.29, 1.82) is 0 Å². The summed E-state index contributed by atoms with van der Waals surface area (Å²) in [6.07, 6.45) is -2.51. The van der Waals surface area contributed by atoms with Gasteiger partial charge < -0.3 is 15.8 Å². The van der Waals surface area contributed by atoms with Crippen molar-refractivity contribution in [3.05, 3.63) is 54.1 Å². The molecule has 3 N–H and O–H groups in total. The molecular weight excluding hydrogens is 393 g/mol. The van der Waals surface area contributed by atoms with Gasteiger partial charge in [-0.2, -0.15) is 0 Å². The van der Waals surface area contributed by atoms with Gasteiger partial charge in [-0.25, -0.2) is 0 Å². The van der Waals surface area contributed by atoms with Crippen LogP contribution in [0.5, 0.6) is 5.75 Å². The Morgan fingerprint density at radius 3 is 2.11 bits per heavy atom. The molecule has 2 rings (SSSR count). The number of hydrogen-bond donors (Lipinski definition) is 2. The van der Waals surface area contributed by atoms with Crippen LogP contribution in [0.2, 0.25) is 0 Å². The molecule has 0 bridgehead atoms. The van der Waals surface area contributed by atoms with E-state index in [0.29, 0.717) is 19.4 Å². The average molecular weight is 417 g/mol. The van der Waals surface area contributed by atoms with E-state index in [0.717, 1.165) is 23.1 Å². The van der Waals surface area contributed by atoms with Crippen LogP contribution in [0.4, 0.5) is 13.2 Å². The third-order valence-corrected chi connectivity index (χ3v) is 4.02. The molecule has 28 heavy (non-hydrogen) atoms. The first-order chi connectivity index (χ1) is 12.8. The molecule has 0 unspecified atom stereocenters. The fraction of sp³-hybridized carbons (Fsp3) is 0.350. The predicted molar refractivity (Wildman–Crippen MR) is 105 cm³/mol. The fourth-order valence-corrected chi connectivity index (χ4v) is 2.62. The van der Waals surface area contributed by atoms with Gasteiger partial charge in [0.25, 0.3) is 0 Å². The van der Waals surface area contributed by atoms with E-state index in [1.165, 1.54) is 12.1 Å². The smallest absolute Gasteiger partial charge is 0.406 e. The molecule has 0 spiro atoms. The van der Waals surface area contributed by atoms with Gasteiger partial charge in [0.1, 0.15) is 5.75 Å². The minimum Gasteiger partial charge on any atom is -0.406 e. The molecule has 0 saturated carbocycles. The van der Waals surface area contributed by atoms with Gasteiger partial charge in [0.15, 0.2) is 0 Å². The topological polar surface area (TPSA) is 64.4 Å². The summed E-state index contributed by atoms with van der Waals surface area (Å²) in [6.45, 7) is 2.48. The second-order valence-corrected chi connectivity index (χ2v) is 6.21. The quantitative estimate of drug-likeness (QED) is 0.667. The van der Waals surface area contributed by atoms with Gasteiger partial charge in [-0.3, -0.25) is 4.79 Å². The number of alkyl halides is 3. The predicted octanol–water partition coefficient (Wildman–Crippen LogP) is 4.46. The monoisotopic (exact) mass is 416 g/mol. The highest BCUT2D eigenvalue weighted by molar-refractivity contribution is 5.85. The number of carbonyl (C=O) groups is 1. The maximum absolute atomic E-state index is 12.2. The zero-order valence-electron chi connectivity index (χ0n) is 15.5. The molecule has 0 aromatic heterocycles. The summed E-state index contributed by atoms with van der Waals surface area (Å²) < 4.78 is 40.4. The highest BCUT2D eigenvalue weighted by Gasteiger charge is 2.30. The minimum atomic E-state index is -4.70. The van der Waals surface area contributed by atoms with Gasteiger partial charge in [0.2, 0.25) is 5.91 Å². The van der Waals surface area contributed by atoms with Crippen LogP contribution >= 0.6 is 12.4 Å². The fourth-order valence-electron chi connectivity index (χ4n) is 2.62. The van der Waals surface area contributed by atoms with Gasteiger partial charge in [0.05, 0.1) is 6.04 Å². The highest BCUT2D eigenvalue weighted by Crippen LogP contribution is 2.26. The van der Waals surface area contributed by atoms with Gasteiger partial charge in [-0.05, 0) is 41.7 Å².